The fourth-order valence-electron chi connectivity index (χ4n) is 7.70. The van der Waals surface area contributed by atoms with Crippen molar-refractivity contribution in [3.63, 3.8) is 0 Å². The van der Waals surface area contributed by atoms with Crippen molar-refractivity contribution < 1.29 is 4.42 Å². The van der Waals surface area contributed by atoms with Gasteiger partial charge in [-0.05, 0) is 76.7 Å². The van der Waals surface area contributed by atoms with E-state index >= 15 is 0 Å². The number of aryl methyl sites for hydroxylation is 1. The Kier molecular flexibility index (Phi) is 7.18. The predicted molar refractivity (Wildman–Crippen MR) is 217 cm³/mol. The van der Waals surface area contributed by atoms with Crippen LogP contribution in [-0.2, 0) is 6.42 Å². The summed E-state index contributed by atoms with van der Waals surface area (Å²) in [6.45, 7) is 0. The van der Waals surface area contributed by atoms with E-state index in [0.717, 1.165) is 57.8 Å². The lowest BCUT2D eigenvalue weighted by atomic mass is 9.96. The van der Waals surface area contributed by atoms with Gasteiger partial charge in [-0.2, -0.15) is 0 Å². The van der Waals surface area contributed by atoms with Crippen LogP contribution in [-0.4, -0.2) is 0 Å². The number of thiophene rings is 1. The van der Waals surface area contributed by atoms with Crippen LogP contribution in [0, 0.1) is 0 Å². The quantitative estimate of drug-likeness (QED) is 0.175. The SMILES string of the molecule is C1=Cc2c(oc3c(-c4ccccc4)c(N(c4ccc(-c5ccccc5)cc4)c4ccc(-c5cccc6c5sc5ccccc56)cc4)ccc23)CC1. The van der Waals surface area contributed by atoms with Gasteiger partial charge in [0, 0.05) is 54.5 Å². The molecule has 0 saturated carbocycles. The molecule has 2 nitrogen and oxygen atoms in total. The fraction of sp³-hybridized carbons (Fsp3) is 0.0417. The maximum atomic E-state index is 6.78. The second kappa shape index (κ2) is 12.3. The molecule has 0 radical (unpaired) electrons. The van der Waals surface area contributed by atoms with Gasteiger partial charge in [0.1, 0.15) is 11.3 Å². The highest BCUT2D eigenvalue weighted by Gasteiger charge is 2.24. The maximum Gasteiger partial charge on any atom is 0.144 e. The molecule has 0 N–H and O–H groups in total. The average molecular weight is 672 g/mol. The van der Waals surface area contributed by atoms with Gasteiger partial charge in [-0.15, -0.1) is 11.3 Å². The van der Waals surface area contributed by atoms with Crippen LogP contribution < -0.4 is 4.90 Å². The summed E-state index contributed by atoms with van der Waals surface area (Å²) in [4.78, 5) is 2.39. The van der Waals surface area contributed by atoms with Crippen LogP contribution in [0.4, 0.5) is 17.1 Å². The molecule has 7 aromatic carbocycles. The van der Waals surface area contributed by atoms with Crippen molar-refractivity contribution in [1.29, 1.82) is 0 Å². The summed E-state index contributed by atoms with van der Waals surface area (Å²) >= 11 is 1.87. The molecule has 242 valence electrons. The molecule has 0 atom stereocenters. The molecule has 1 aliphatic rings. The van der Waals surface area contributed by atoms with Crippen molar-refractivity contribution in [1.82, 2.24) is 0 Å². The Morgan fingerprint density at radius 3 is 1.92 bits per heavy atom. The van der Waals surface area contributed by atoms with Gasteiger partial charge in [-0.1, -0.05) is 133 Å². The maximum absolute atomic E-state index is 6.78. The van der Waals surface area contributed by atoms with Gasteiger partial charge >= 0.3 is 0 Å². The third kappa shape index (κ3) is 5.09. The van der Waals surface area contributed by atoms with E-state index in [-0.39, 0.29) is 0 Å². The molecular weight excluding hydrogens is 639 g/mol. The number of fused-ring (bicyclic) bond motifs is 6. The minimum atomic E-state index is 0.919. The highest BCUT2D eigenvalue weighted by molar-refractivity contribution is 7.26. The molecule has 1 aliphatic carbocycles. The van der Waals surface area contributed by atoms with Crippen LogP contribution >= 0.6 is 11.3 Å². The van der Waals surface area contributed by atoms with Crippen LogP contribution in [0.2, 0.25) is 0 Å². The first-order valence-electron chi connectivity index (χ1n) is 17.6. The zero-order chi connectivity index (χ0) is 33.7. The molecule has 0 bridgehead atoms. The molecule has 0 spiro atoms. The Bertz CT molecular complexity index is 2720. The second-order valence-electron chi connectivity index (χ2n) is 13.2. The number of nitrogens with zero attached hydrogens (tertiary/aromatic N) is 1. The minimum Gasteiger partial charge on any atom is -0.460 e. The Labute approximate surface area is 301 Å². The van der Waals surface area contributed by atoms with E-state index in [1.807, 2.05) is 11.3 Å². The van der Waals surface area contributed by atoms with E-state index in [2.05, 4.69) is 181 Å². The summed E-state index contributed by atoms with van der Waals surface area (Å²) < 4.78 is 9.43. The van der Waals surface area contributed by atoms with Gasteiger partial charge in [0.2, 0.25) is 0 Å². The van der Waals surface area contributed by atoms with E-state index in [1.165, 1.54) is 48.0 Å². The minimum absolute atomic E-state index is 0.919. The number of anilines is 3. The molecule has 2 aromatic heterocycles. The Morgan fingerprint density at radius 2 is 1.16 bits per heavy atom. The zero-order valence-electron chi connectivity index (χ0n) is 27.9. The van der Waals surface area contributed by atoms with Crippen molar-refractivity contribution in [2.45, 2.75) is 12.8 Å². The van der Waals surface area contributed by atoms with Gasteiger partial charge in [0.15, 0.2) is 0 Å². The summed E-state index contributed by atoms with van der Waals surface area (Å²) in [6, 6.07) is 59.2. The molecule has 2 heterocycles. The summed E-state index contributed by atoms with van der Waals surface area (Å²) in [7, 11) is 0. The van der Waals surface area contributed by atoms with Gasteiger partial charge in [0.25, 0.3) is 0 Å². The van der Waals surface area contributed by atoms with Crippen LogP contribution in [0.3, 0.4) is 0 Å². The number of hydrogen-bond donors (Lipinski definition) is 0. The lowest BCUT2D eigenvalue weighted by Crippen LogP contribution is -2.11. The molecule has 9 aromatic rings. The summed E-state index contributed by atoms with van der Waals surface area (Å²) in [5.41, 5.74) is 12.5. The Balaban J connectivity index is 1.16. The number of furan rings is 1. The average Bonchev–Trinajstić information content (AvgIpc) is 3.78. The van der Waals surface area contributed by atoms with Crippen molar-refractivity contribution >= 4 is 65.6 Å². The molecular formula is C48H33NOS. The van der Waals surface area contributed by atoms with Gasteiger partial charge in [-0.3, -0.25) is 0 Å². The second-order valence-corrected chi connectivity index (χ2v) is 14.2. The van der Waals surface area contributed by atoms with Crippen molar-refractivity contribution in [2.75, 3.05) is 4.90 Å². The predicted octanol–water partition coefficient (Wildman–Crippen LogP) is 14.2. The van der Waals surface area contributed by atoms with Gasteiger partial charge < -0.3 is 9.32 Å². The zero-order valence-corrected chi connectivity index (χ0v) is 28.7. The summed E-state index contributed by atoms with van der Waals surface area (Å²) in [5.74, 6) is 1.07. The highest BCUT2D eigenvalue weighted by Crippen LogP contribution is 2.48. The smallest absolute Gasteiger partial charge is 0.144 e. The monoisotopic (exact) mass is 671 g/mol. The van der Waals surface area contributed by atoms with Crippen molar-refractivity contribution in [3.8, 4) is 33.4 Å². The first kappa shape index (κ1) is 29.7. The van der Waals surface area contributed by atoms with Gasteiger partial charge in [0.05, 0.1) is 5.69 Å². The van der Waals surface area contributed by atoms with Crippen molar-refractivity contribution in [2.24, 2.45) is 0 Å². The molecule has 10 rings (SSSR count). The normalized spacial score (nSPS) is 12.5. The number of allylic oxidation sites excluding steroid dienone is 1. The van der Waals surface area contributed by atoms with Crippen LogP contribution in [0.5, 0.6) is 0 Å². The largest absolute Gasteiger partial charge is 0.460 e. The molecule has 0 unspecified atom stereocenters. The Morgan fingerprint density at radius 1 is 0.510 bits per heavy atom. The van der Waals surface area contributed by atoms with E-state index in [9.17, 15) is 0 Å². The standard InChI is InChI=1S/C48H33NOS/c1-3-12-32(13-4-1)33-22-26-36(27-23-33)49(37-28-24-34(25-29-37)38-18-11-19-42-40-17-8-10-21-45(40)51-48(38)42)43-31-30-41-39-16-7-9-20-44(39)50-47(41)46(43)35-14-5-2-6-15-35/h1-8,10-19,21-31H,9,20H2. The van der Waals surface area contributed by atoms with E-state index < -0.39 is 0 Å². The molecule has 0 saturated heterocycles. The number of benzene rings is 7. The molecule has 0 aliphatic heterocycles. The van der Waals surface area contributed by atoms with Crippen LogP contribution in [0.1, 0.15) is 17.7 Å². The Hall–Kier alpha value is -6.16. The summed E-state index contributed by atoms with van der Waals surface area (Å²) in [6.07, 6.45) is 6.41. The first-order valence-corrected chi connectivity index (χ1v) is 18.4. The third-order valence-corrected chi connectivity index (χ3v) is 11.4. The lowest BCUT2D eigenvalue weighted by molar-refractivity contribution is 0.547. The third-order valence-electron chi connectivity index (χ3n) is 10.2. The van der Waals surface area contributed by atoms with E-state index in [1.54, 1.807) is 0 Å². The van der Waals surface area contributed by atoms with Crippen LogP contribution in [0.25, 0.3) is 70.6 Å². The fourth-order valence-corrected chi connectivity index (χ4v) is 8.94. The van der Waals surface area contributed by atoms with Crippen LogP contribution in [0.15, 0.2) is 174 Å². The lowest BCUT2D eigenvalue weighted by Gasteiger charge is -2.28. The molecule has 0 fully saturated rings. The number of rotatable bonds is 6. The first-order chi connectivity index (χ1) is 25.3. The number of hydrogen-bond acceptors (Lipinski definition) is 3. The van der Waals surface area contributed by atoms with E-state index in [0.29, 0.717) is 0 Å². The molecule has 0 amide bonds. The molecule has 3 heteroatoms. The van der Waals surface area contributed by atoms with Gasteiger partial charge in [-0.25, -0.2) is 0 Å². The summed E-state index contributed by atoms with van der Waals surface area (Å²) in [5, 5.41) is 3.80. The topological polar surface area (TPSA) is 16.4 Å². The van der Waals surface area contributed by atoms with Crippen molar-refractivity contribution in [3.05, 3.63) is 181 Å². The highest BCUT2D eigenvalue weighted by atomic mass is 32.1. The van der Waals surface area contributed by atoms with E-state index in [4.69, 9.17) is 4.42 Å². The molecule has 51 heavy (non-hydrogen) atoms.